The molecule has 1 atom stereocenters. The zero-order valence-electron chi connectivity index (χ0n) is 12.7. The third-order valence-corrected chi connectivity index (χ3v) is 3.92. The number of carbonyl (C=O) groups excluding carboxylic acids is 2. The van der Waals surface area contributed by atoms with Gasteiger partial charge in [0.25, 0.3) is 0 Å². The summed E-state index contributed by atoms with van der Waals surface area (Å²) >= 11 is 0. The molecule has 1 aromatic rings. The van der Waals surface area contributed by atoms with Gasteiger partial charge >= 0.3 is 0 Å². The Hall–Kier alpha value is -1.84. The van der Waals surface area contributed by atoms with E-state index in [1.165, 1.54) is 19.8 Å². The summed E-state index contributed by atoms with van der Waals surface area (Å²) in [5.41, 5.74) is 0.982. The molecule has 0 aromatic heterocycles. The minimum Gasteiger partial charge on any atom is -0.349 e. The van der Waals surface area contributed by atoms with Crippen LogP contribution in [0.5, 0.6) is 0 Å². The molecule has 21 heavy (non-hydrogen) atoms. The molecule has 1 heterocycles. The third kappa shape index (κ3) is 4.88. The average Bonchev–Trinajstić information content (AvgIpc) is 2.76. The van der Waals surface area contributed by atoms with Gasteiger partial charge in [-0.15, -0.1) is 0 Å². The molecule has 4 nitrogen and oxygen atoms in total. The molecule has 114 valence electrons. The van der Waals surface area contributed by atoms with Crippen LogP contribution in [0.15, 0.2) is 30.3 Å². The van der Waals surface area contributed by atoms with Crippen molar-refractivity contribution in [3.63, 3.8) is 0 Å². The van der Waals surface area contributed by atoms with E-state index in [9.17, 15) is 9.59 Å². The summed E-state index contributed by atoms with van der Waals surface area (Å²) in [6.07, 6.45) is 4.92. The van der Waals surface area contributed by atoms with Crippen molar-refractivity contribution < 1.29 is 9.59 Å². The second-order valence-electron chi connectivity index (χ2n) is 5.66. The van der Waals surface area contributed by atoms with Gasteiger partial charge in [0.05, 0.1) is 12.5 Å². The number of benzene rings is 1. The molecule has 1 saturated heterocycles. The van der Waals surface area contributed by atoms with Gasteiger partial charge in [-0.05, 0) is 18.4 Å². The van der Waals surface area contributed by atoms with Gasteiger partial charge in [0.2, 0.25) is 11.8 Å². The van der Waals surface area contributed by atoms with Crippen molar-refractivity contribution in [3.05, 3.63) is 35.9 Å². The van der Waals surface area contributed by atoms with Gasteiger partial charge in [-0.2, -0.15) is 0 Å². The maximum Gasteiger partial charge on any atom is 0.224 e. The zero-order valence-corrected chi connectivity index (χ0v) is 12.7. The minimum absolute atomic E-state index is 0.104. The Bertz CT molecular complexity index is 465. The fraction of sp³-hybridized carbons (Fsp3) is 0.529. The minimum atomic E-state index is -0.237. The highest BCUT2D eigenvalue weighted by Gasteiger charge is 2.21. The predicted molar refractivity (Wildman–Crippen MR) is 82.7 cm³/mol. The first kappa shape index (κ1) is 15.5. The normalized spacial score (nSPS) is 16.9. The lowest BCUT2D eigenvalue weighted by atomic mass is 10.0. The SMILES string of the molecule is CC(=O)NC(CC(=O)N1CCCCCC1)c1ccccc1. The highest BCUT2D eigenvalue weighted by Crippen LogP contribution is 2.19. The third-order valence-electron chi connectivity index (χ3n) is 3.92. The van der Waals surface area contributed by atoms with E-state index in [-0.39, 0.29) is 17.9 Å². The molecule has 4 heteroatoms. The standard InChI is InChI=1S/C17H24N2O2/c1-14(20)18-16(15-9-5-4-6-10-15)13-17(21)19-11-7-2-3-8-12-19/h4-6,9-10,16H,2-3,7-8,11-13H2,1H3,(H,18,20). The molecule has 0 aliphatic carbocycles. The number of amides is 2. The first-order valence-corrected chi connectivity index (χ1v) is 7.76. The van der Waals surface area contributed by atoms with Crippen molar-refractivity contribution in [1.29, 1.82) is 0 Å². The lowest BCUT2D eigenvalue weighted by Gasteiger charge is -2.24. The van der Waals surface area contributed by atoms with E-state index in [0.717, 1.165) is 31.5 Å². The smallest absolute Gasteiger partial charge is 0.224 e. The van der Waals surface area contributed by atoms with Crippen molar-refractivity contribution >= 4 is 11.8 Å². The van der Waals surface area contributed by atoms with Crippen LogP contribution in [0.3, 0.4) is 0 Å². The predicted octanol–water partition coefficient (Wildman–Crippen LogP) is 2.66. The van der Waals surface area contributed by atoms with Crippen LogP contribution < -0.4 is 5.32 Å². The van der Waals surface area contributed by atoms with Crippen molar-refractivity contribution in [1.82, 2.24) is 10.2 Å². The van der Waals surface area contributed by atoms with Crippen LogP contribution in [-0.4, -0.2) is 29.8 Å². The highest BCUT2D eigenvalue weighted by molar-refractivity contribution is 5.79. The van der Waals surface area contributed by atoms with E-state index >= 15 is 0 Å². The summed E-state index contributed by atoms with van der Waals surface area (Å²) < 4.78 is 0. The summed E-state index contributed by atoms with van der Waals surface area (Å²) in [4.78, 5) is 25.8. The Balaban J connectivity index is 2.03. The Morgan fingerprint density at radius 2 is 1.71 bits per heavy atom. The second-order valence-corrected chi connectivity index (χ2v) is 5.66. The molecule has 1 aliphatic rings. The first-order valence-electron chi connectivity index (χ1n) is 7.76. The molecular weight excluding hydrogens is 264 g/mol. The number of hydrogen-bond acceptors (Lipinski definition) is 2. The van der Waals surface area contributed by atoms with Crippen molar-refractivity contribution in [3.8, 4) is 0 Å². The molecule has 1 unspecified atom stereocenters. The number of carbonyl (C=O) groups is 2. The molecule has 0 saturated carbocycles. The Morgan fingerprint density at radius 1 is 1.10 bits per heavy atom. The number of nitrogens with zero attached hydrogens (tertiary/aromatic N) is 1. The van der Waals surface area contributed by atoms with Crippen molar-refractivity contribution in [2.24, 2.45) is 0 Å². The van der Waals surface area contributed by atoms with Crippen molar-refractivity contribution in [2.45, 2.75) is 45.1 Å². The van der Waals surface area contributed by atoms with Crippen LogP contribution in [0.25, 0.3) is 0 Å². The van der Waals surface area contributed by atoms with Gasteiger partial charge in [-0.3, -0.25) is 9.59 Å². The van der Waals surface area contributed by atoms with Crippen LogP contribution in [0.1, 0.15) is 50.6 Å². The first-order chi connectivity index (χ1) is 10.2. The number of rotatable bonds is 4. The van der Waals surface area contributed by atoms with Crippen LogP contribution >= 0.6 is 0 Å². The summed E-state index contributed by atoms with van der Waals surface area (Å²) in [7, 11) is 0. The number of likely N-dealkylation sites (tertiary alicyclic amines) is 1. The van der Waals surface area contributed by atoms with E-state index in [1.54, 1.807) is 0 Å². The van der Waals surface area contributed by atoms with E-state index in [2.05, 4.69) is 5.32 Å². The Kier molecular flexibility index (Phi) is 5.78. The summed E-state index contributed by atoms with van der Waals surface area (Å²) in [5, 5.41) is 2.90. The van der Waals surface area contributed by atoms with Gasteiger partial charge in [0.15, 0.2) is 0 Å². The lowest BCUT2D eigenvalue weighted by molar-refractivity contribution is -0.132. The van der Waals surface area contributed by atoms with E-state index < -0.39 is 0 Å². The molecule has 2 rings (SSSR count). The lowest BCUT2D eigenvalue weighted by Crippen LogP contribution is -2.36. The van der Waals surface area contributed by atoms with Gasteiger partial charge in [0.1, 0.15) is 0 Å². The van der Waals surface area contributed by atoms with Crippen LogP contribution in [0.2, 0.25) is 0 Å². The summed E-state index contributed by atoms with van der Waals surface area (Å²) in [6, 6.07) is 9.47. The van der Waals surface area contributed by atoms with Crippen LogP contribution in [-0.2, 0) is 9.59 Å². The average molecular weight is 288 g/mol. The molecule has 0 spiro atoms. The summed E-state index contributed by atoms with van der Waals surface area (Å²) in [5.74, 6) is 0.0343. The molecular formula is C17H24N2O2. The highest BCUT2D eigenvalue weighted by atomic mass is 16.2. The quantitative estimate of drug-likeness (QED) is 0.926. The molecule has 0 bridgehead atoms. The van der Waals surface area contributed by atoms with Gasteiger partial charge in [0, 0.05) is 20.0 Å². The Labute approximate surface area is 126 Å². The zero-order chi connectivity index (χ0) is 15.1. The van der Waals surface area contributed by atoms with E-state index in [1.807, 2.05) is 35.2 Å². The van der Waals surface area contributed by atoms with E-state index in [0.29, 0.717) is 6.42 Å². The van der Waals surface area contributed by atoms with E-state index in [4.69, 9.17) is 0 Å². The fourth-order valence-electron chi connectivity index (χ4n) is 2.81. The molecule has 1 aliphatic heterocycles. The second kappa shape index (κ2) is 7.81. The maximum atomic E-state index is 12.5. The molecule has 2 amide bonds. The topological polar surface area (TPSA) is 49.4 Å². The summed E-state index contributed by atoms with van der Waals surface area (Å²) in [6.45, 7) is 3.19. The van der Waals surface area contributed by atoms with Crippen LogP contribution in [0.4, 0.5) is 0 Å². The number of hydrogen-bond donors (Lipinski definition) is 1. The van der Waals surface area contributed by atoms with Crippen molar-refractivity contribution in [2.75, 3.05) is 13.1 Å². The maximum absolute atomic E-state index is 12.5. The van der Waals surface area contributed by atoms with Gasteiger partial charge < -0.3 is 10.2 Å². The fourth-order valence-corrected chi connectivity index (χ4v) is 2.81. The number of nitrogens with one attached hydrogen (secondary N) is 1. The molecule has 0 radical (unpaired) electrons. The molecule has 1 N–H and O–H groups in total. The molecule has 1 fully saturated rings. The Morgan fingerprint density at radius 3 is 2.29 bits per heavy atom. The monoisotopic (exact) mass is 288 g/mol. The van der Waals surface area contributed by atoms with Gasteiger partial charge in [-0.1, -0.05) is 43.2 Å². The largest absolute Gasteiger partial charge is 0.349 e. The molecule has 1 aromatic carbocycles. The van der Waals surface area contributed by atoms with Crippen LogP contribution in [0, 0.1) is 0 Å². The van der Waals surface area contributed by atoms with Gasteiger partial charge in [-0.25, -0.2) is 0 Å².